The highest BCUT2D eigenvalue weighted by Gasteiger charge is 2.39. The van der Waals surface area contributed by atoms with Crippen molar-refractivity contribution in [3.63, 3.8) is 0 Å². The minimum absolute atomic E-state index is 0.124. The Kier molecular flexibility index (Phi) is 3.62. The second kappa shape index (κ2) is 5.39. The van der Waals surface area contributed by atoms with Crippen LogP contribution < -0.4 is 9.64 Å². The number of aliphatic hydroxyl groups excluding tert-OH is 1. The maximum atomic E-state index is 9.34. The molecule has 1 aromatic rings. The van der Waals surface area contributed by atoms with Crippen molar-refractivity contribution >= 4 is 5.69 Å². The molecule has 0 atom stereocenters. The Morgan fingerprint density at radius 1 is 1.16 bits per heavy atom. The zero-order valence-corrected chi connectivity index (χ0v) is 11.2. The van der Waals surface area contributed by atoms with Gasteiger partial charge in [0.1, 0.15) is 12.4 Å². The molecule has 2 aliphatic heterocycles. The van der Waals surface area contributed by atoms with Gasteiger partial charge in [0.05, 0.1) is 25.2 Å². The van der Waals surface area contributed by atoms with Crippen LogP contribution in [0.2, 0.25) is 0 Å². The van der Waals surface area contributed by atoms with Crippen molar-refractivity contribution in [1.82, 2.24) is 0 Å². The number of hydrogen-bond acceptors (Lipinski definition) is 4. The molecule has 104 valence electrons. The smallest absolute Gasteiger partial charge is 0.119 e. The Balaban J connectivity index is 1.56. The summed E-state index contributed by atoms with van der Waals surface area (Å²) in [6, 6.07) is 8.25. The van der Waals surface area contributed by atoms with Gasteiger partial charge in [0.15, 0.2) is 0 Å². The van der Waals surface area contributed by atoms with E-state index in [1.54, 1.807) is 0 Å². The molecule has 4 nitrogen and oxygen atoms in total. The Bertz CT molecular complexity index is 402. The lowest BCUT2D eigenvalue weighted by Gasteiger charge is -2.39. The predicted octanol–water partition coefficient (Wildman–Crippen LogP) is 1.67. The van der Waals surface area contributed by atoms with E-state index in [1.807, 2.05) is 12.1 Å². The van der Waals surface area contributed by atoms with E-state index in [0.717, 1.165) is 18.8 Å². The van der Waals surface area contributed by atoms with E-state index in [2.05, 4.69) is 17.0 Å². The van der Waals surface area contributed by atoms with Crippen LogP contribution in [0.15, 0.2) is 24.3 Å². The van der Waals surface area contributed by atoms with Crippen LogP contribution in [0.3, 0.4) is 0 Å². The van der Waals surface area contributed by atoms with Crippen molar-refractivity contribution in [3.8, 4) is 5.75 Å². The summed E-state index contributed by atoms with van der Waals surface area (Å²) in [5.74, 6) is 0.864. The Morgan fingerprint density at radius 2 is 1.84 bits per heavy atom. The summed E-state index contributed by atoms with van der Waals surface area (Å²) in [5, 5.41) is 9.34. The van der Waals surface area contributed by atoms with Gasteiger partial charge in [-0.2, -0.15) is 0 Å². The maximum Gasteiger partial charge on any atom is 0.119 e. The average molecular weight is 263 g/mol. The zero-order chi connectivity index (χ0) is 13.1. The van der Waals surface area contributed by atoms with Gasteiger partial charge in [-0.1, -0.05) is 0 Å². The first-order chi connectivity index (χ1) is 9.31. The molecule has 4 heteroatoms. The molecule has 2 heterocycles. The molecule has 2 aliphatic rings. The van der Waals surface area contributed by atoms with Gasteiger partial charge in [-0.05, 0) is 37.1 Å². The van der Waals surface area contributed by atoms with Crippen molar-refractivity contribution in [2.45, 2.75) is 12.8 Å². The molecule has 3 rings (SSSR count). The molecule has 1 aromatic carbocycles. The van der Waals surface area contributed by atoms with Gasteiger partial charge >= 0.3 is 0 Å². The highest BCUT2D eigenvalue weighted by molar-refractivity contribution is 5.49. The molecule has 0 amide bonds. The van der Waals surface area contributed by atoms with Crippen molar-refractivity contribution < 1.29 is 14.6 Å². The fourth-order valence-electron chi connectivity index (χ4n) is 2.58. The van der Waals surface area contributed by atoms with E-state index in [9.17, 15) is 5.11 Å². The third-order valence-electron chi connectivity index (χ3n) is 4.00. The number of ether oxygens (including phenoxy) is 2. The minimum atomic E-state index is -0.187. The summed E-state index contributed by atoms with van der Waals surface area (Å²) in [6.07, 6.45) is 2.58. The van der Waals surface area contributed by atoms with Gasteiger partial charge in [-0.25, -0.2) is 0 Å². The van der Waals surface area contributed by atoms with Crippen LogP contribution >= 0.6 is 0 Å². The van der Waals surface area contributed by atoms with Crippen molar-refractivity contribution in [1.29, 1.82) is 0 Å². The summed E-state index contributed by atoms with van der Waals surface area (Å²) < 4.78 is 10.9. The topological polar surface area (TPSA) is 41.9 Å². The van der Waals surface area contributed by atoms with Crippen LogP contribution in [0.5, 0.6) is 5.75 Å². The molecule has 0 spiro atoms. The van der Waals surface area contributed by atoms with Crippen molar-refractivity contribution in [2.75, 3.05) is 44.4 Å². The SMILES string of the molecule is OCC1(COc2ccc(N3CCCC3)cc2)COC1. The van der Waals surface area contributed by atoms with Crippen LogP contribution in [-0.4, -0.2) is 44.6 Å². The van der Waals surface area contributed by atoms with E-state index >= 15 is 0 Å². The lowest BCUT2D eigenvalue weighted by Crippen LogP contribution is -2.49. The second-order valence-electron chi connectivity index (χ2n) is 5.63. The minimum Gasteiger partial charge on any atom is -0.493 e. The van der Waals surface area contributed by atoms with Crippen molar-refractivity contribution in [2.24, 2.45) is 5.41 Å². The van der Waals surface area contributed by atoms with E-state index in [4.69, 9.17) is 9.47 Å². The summed E-state index contributed by atoms with van der Waals surface area (Å²) in [6.45, 7) is 4.15. The lowest BCUT2D eigenvalue weighted by atomic mass is 9.88. The number of benzene rings is 1. The molecule has 2 fully saturated rings. The fourth-order valence-corrected chi connectivity index (χ4v) is 2.58. The predicted molar refractivity (Wildman–Crippen MR) is 73.7 cm³/mol. The summed E-state index contributed by atoms with van der Waals surface area (Å²) in [4.78, 5) is 2.40. The van der Waals surface area contributed by atoms with Gasteiger partial charge in [0, 0.05) is 18.8 Å². The van der Waals surface area contributed by atoms with Crippen molar-refractivity contribution in [3.05, 3.63) is 24.3 Å². The first kappa shape index (κ1) is 12.8. The highest BCUT2D eigenvalue weighted by Crippen LogP contribution is 2.29. The van der Waals surface area contributed by atoms with E-state index in [0.29, 0.717) is 19.8 Å². The number of aliphatic hydroxyl groups is 1. The number of nitrogens with zero attached hydrogens (tertiary/aromatic N) is 1. The van der Waals surface area contributed by atoms with Gasteiger partial charge in [-0.15, -0.1) is 0 Å². The largest absolute Gasteiger partial charge is 0.493 e. The summed E-state index contributed by atoms with van der Waals surface area (Å²) in [5.41, 5.74) is 1.09. The average Bonchev–Trinajstić information content (AvgIpc) is 2.93. The summed E-state index contributed by atoms with van der Waals surface area (Å²) >= 11 is 0. The molecule has 0 aliphatic carbocycles. The molecular weight excluding hydrogens is 242 g/mol. The molecule has 0 bridgehead atoms. The van der Waals surface area contributed by atoms with Gasteiger partial charge < -0.3 is 19.5 Å². The van der Waals surface area contributed by atoms with Gasteiger partial charge in [0.2, 0.25) is 0 Å². The van der Waals surface area contributed by atoms with Gasteiger partial charge in [-0.3, -0.25) is 0 Å². The first-order valence-corrected chi connectivity index (χ1v) is 6.98. The van der Waals surface area contributed by atoms with Crippen LogP contribution in [0, 0.1) is 5.41 Å². The van der Waals surface area contributed by atoms with Gasteiger partial charge in [0.25, 0.3) is 0 Å². The van der Waals surface area contributed by atoms with E-state index in [1.165, 1.54) is 18.5 Å². The monoisotopic (exact) mass is 263 g/mol. The van der Waals surface area contributed by atoms with Crippen LogP contribution in [0.4, 0.5) is 5.69 Å². The normalized spacial score (nSPS) is 21.2. The Labute approximate surface area is 113 Å². The van der Waals surface area contributed by atoms with E-state index < -0.39 is 0 Å². The number of rotatable bonds is 5. The van der Waals surface area contributed by atoms with Crippen LogP contribution in [0.1, 0.15) is 12.8 Å². The molecule has 0 saturated carbocycles. The number of anilines is 1. The number of hydrogen-bond donors (Lipinski definition) is 1. The molecule has 2 saturated heterocycles. The van der Waals surface area contributed by atoms with Crippen LogP contribution in [0.25, 0.3) is 0 Å². The zero-order valence-electron chi connectivity index (χ0n) is 11.2. The van der Waals surface area contributed by atoms with E-state index in [-0.39, 0.29) is 12.0 Å². The quantitative estimate of drug-likeness (QED) is 0.877. The summed E-state index contributed by atoms with van der Waals surface area (Å²) in [7, 11) is 0. The molecular formula is C15H21NO3. The lowest BCUT2D eigenvalue weighted by molar-refractivity contribution is -0.153. The Hall–Kier alpha value is -1.26. The standard InChI is InChI=1S/C15H21NO3/c17-9-15(10-18-11-15)12-19-14-5-3-13(4-6-14)16-7-1-2-8-16/h3-6,17H,1-2,7-12H2. The molecule has 0 aromatic heterocycles. The molecule has 1 N–H and O–H groups in total. The van der Waals surface area contributed by atoms with Crippen LogP contribution in [-0.2, 0) is 4.74 Å². The Morgan fingerprint density at radius 3 is 2.37 bits per heavy atom. The fraction of sp³-hybridized carbons (Fsp3) is 0.600. The first-order valence-electron chi connectivity index (χ1n) is 6.98. The third kappa shape index (κ3) is 2.69. The second-order valence-corrected chi connectivity index (χ2v) is 5.63. The highest BCUT2D eigenvalue weighted by atomic mass is 16.5. The molecule has 0 unspecified atom stereocenters. The molecule has 19 heavy (non-hydrogen) atoms. The molecule has 0 radical (unpaired) electrons. The third-order valence-corrected chi connectivity index (χ3v) is 4.00. The maximum absolute atomic E-state index is 9.34.